The van der Waals surface area contributed by atoms with Gasteiger partial charge in [-0.1, -0.05) is 6.07 Å². The molecule has 9 heteroatoms. The fourth-order valence-corrected chi connectivity index (χ4v) is 2.70. The number of nitrogens with zero attached hydrogens (tertiary/aromatic N) is 6. The van der Waals surface area contributed by atoms with Gasteiger partial charge >= 0.3 is 0 Å². The van der Waals surface area contributed by atoms with Crippen LogP contribution in [0.15, 0.2) is 61.2 Å². The van der Waals surface area contributed by atoms with E-state index in [4.69, 9.17) is 0 Å². The van der Waals surface area contributed by atoms with Gasteiger partial charge in [0.1, 0.15) is 18.2 Å². The van der Waals surface area contributed by atoms with Crippen LogP contribution in [0.4, 0.5) is 10.2 Å². The third-order valence-corrected chi connectivity index (χ3v) is 3.93. The number of amides is 1. The first-order valence-electron chi connectivity index (χ1n) is 8.51. The number of carbonyl (C=O) groups excluding carboxylic acids is 1. The Bertz CT molecular complexity index is 1100. The van der Waals surface area contributed by atoms with E-state index in [2.05, 4.69) is 25.5 Å². The molecule has 4 aromatic heterocycles. The average Bonchev–Trinajstić information content (AvgIpc) is 3.29. The van der Waals surface area contributed by atoms with Crippen molar-refractivity contribution in [1.82, 2.24) is 29.5 Å². The number of nitrogens with one attached hydrogen (secondary N) is 1. The molecule has 0 aliphatic carbocycles. The van der Waals surface area contributed by atoms with Crippen LogP contribution in [0.25, 0.3) is 17.1 Å². The Kier molecular flexibility index (Phi) is 4.63. The zero-order valence-electron chi connectivity index (χ0n) is 15.0. The van der Waals surface area contributed by atoms with Crippen molar-refractivity contribution in [3.05, 3.63) is 72.7 Å². The summed E-state index contributed by atoms with van der Waals surface area (Å²) in [7, 11) is 0. The summed E-state index contributed by atoms with van der Waals surface area (Å²) >= 11 is 0. The van der Waals surface area contributed by atoms with Crippen LogP contribution in [0, 0.1) is 12.7 Å². The molecule has 0 fully saturated rings. The lowest BCUT2D eigenvalue weighted by Gasteiger charge is -2.08. The van der Waals surface area contributed by atoms with E-state index in [1.165, 1.54) is 10.7 Å². The topological polar surface area (TPSA) is 90.5 Å². The Balaban J connectivity index is 1.48. The van der Waals surface area contributed by atoms with Gasteiger partial charge in [0.15, 0.2) is 5.82 Å². The third kappa shape index (κ3) is 3.78. The summed E-state index contributed by atoms with van der Waals surface area (Å²) in [6.45, 7) is 1.85. The van der Waals surface area contributed by atoms with Crippen molar-refractivity contribution in [2.24, 2.45) is 0 Å². The number of halogens is 1. The van der Waals surface area contributed by atoms with Gasteiger partial charge in [0.05, 0.1) is 23.8 Å². The largest absolute Gasteiger partial charge is 0.309 e. The van der Waals surface area contributed by atoms with Gasteiger partial charge < -0.3 is 5.32 Å². The summed E-state index contributed by atoms with van der Waals surface area (Å²) in [5.74, 6) is 0.456. The fraction of sp³-hybridized carbons (Fsp3) is 0.105. The highest BCUT2D eigenvalue weighted by Gasteiger charge is 2.13. The highest BCUT2D eigenvalue weighted by atomic mass is 19.1. The molecule has 0 radical (unpaired) electrons. The minimum absolute atomic E-state index is 0.00758. The van der Waals surface area contributed by atoms with E-state index in [1.54, 1.807) is 41.5 Å². The van der Waals surface area contributed by atoms with E-state index >= 15 is 0 Å². The Morgan fingerprint density at radius 2 is 2.07 bits per heavy atom. The highest BCUT2D eigenvalue weighted by molar-refractivity contribution is 5.90. The third-order valence-electron chi connectivity index (χ3n) is 3.93. The summed E-state index contributed by atoms with van der Waals surface area (Å²) < 4.78 is 16.1. The van der Waals surface area contributed by atoms with Crippen LogP contribution < -0.4 is 5.32 Å². The predicted octanol–water partition coefficient (Wildman–Crippen LogP) is 2.61. The number of pyridine rings is 2. The van der Waals surface area contributed by atoms with Gasteiger partial charge in [-0.05, 0) is 31.2 Å². The smallest absolute Gasteiger partial charge is 0.247 e. The second-order valence-corrected chi connectivity index (χ2v) is 6.11. The van der Waals surface area contributed by atoms with Crippen molar-refractivity contribution in [3.8, 4) is 17.1 Å². The molecule has 0 spiro atoms. The van der Waals surface area contributed by atoms with Gasteiger partial charge in [-0.2, -0.15) is 14.9 Å². The standard InChI is InChI=1S/C19H16FN7O/c1-13-8-18(27(25-13)17-4-2-3-7-21-17)24-19(28)12-26-11-14(9-23-26)16-6-5-15(20)10-22-16/h2-11H,12H2,1H3,(H,24,28). The Labute approximate surface area is 159 Å². The molecular formula is C19H16FN7O. The summed E-state index contributed by atoms with van der Waals surface area (Å²) in [6, 6.07) is 10.1. The predicted molar refractivity (Wildman–Crippen MR) is 100 cm³/mol. The number of aromatic nitrogens is 6. The van der Waals surface area contributed by atoms with Gasteiger partial charge in [0.2, 0.25) is 5.91 Å². The monoisotopic (exact) mass is 377 g/mol. The van der Waals surface area contributed by atoms with Crippen LogP contribution in [0.1, 0.15) is 5.69 Å². The number of rotatable bonds is 5. The maximum absolute atomic E-state index is 13.0. The number of carbonyl (C=O) groups is 1. The Hall–Kier alpha value is -3.88. The lowest BCUT2D eigenvalue weighted by atomic mass is 10.2. The molecule has 4 rings (SSSR count). The van der Waals surface area contributed by atoms with Crippen molar-refractivity contribution < 1.29 is 9.18 Å². The van der Waals surface area contributed by atoms with Crippen LogP contribution in [0.2, 0.25) is 0 Å². The second-order valence-electron chi connectivity index (χ2n) is 6.11. The Morgan fingerprint density at radius 1 is 1.18 bits per heavy atom. The lowest BCUT2D eigenvalue weighted by molar-refractivity contribution is -0.116. The molecule has 140 valence electrons. The van der Waals surface area contributed by atoms with E-state index in [1.807, 2.05) is 19.1 Å². The number of aryl methyl sites for hydroxylation is 1. The first kappa shape index (κ1) is 17.5. The first-order chi connectivity index (χ1) is 13.6. The summed E-state index contributed by atoms with van der Waals surface area (Å²) in [5, 5.41) is 11.4. The molecule has 0 aliphatic heterocycles. The molecule has 1 N–H and O–H groups in total. The van der Waals surface area contributed by atoms with Crippen molar-refractivity contribution in [1.29, 1.82) is 0 Å². The lowest BCUT2D eigenvalue weighted by Crippen LogP contribution is -2.21. The maximum Gasteiger partial charge on any atom is 0.247 e. The molecule has 28 heavy (non-hydrogen) atoms. The number of hydrogen-bond acceptors (Lipinski definition) is 5. The normalized spacial score (nSPS) is 10.8. The van der Waals surface area contributed by atoms with Crippen LogP contribution in [0.3, 0.4) is 0 Å². The van der Waals surface area contributed by atoms with E-state index in [9.17, 15) is 9.18 Å². The summed E-state index contributed by atoms with van der Waals surface area (Å²) in [6.07, 6.45) is 6.06. The van der Waals surface area contributed by atoms with Crippen LogP contribution in [-0.2, 0) is 11.3 Å². The molecule has 0 atom stereocenters. The van der Waals surface area contributed by atoms with Crippen molar-refractivity contribution >= 4 is 11.7 Å². The minimum Gasteiger partial charge on any atom is -0.309 e. The highest BCUT2D eigenvalue weighted by Crippen LogP contribution is 2.17. The van der Waals surface area contributed by atoms with Crippen molar-refractivity contribution in [2.45, 2.75) is 13.5 Å². The fourth-order valence-electron chi connectivity index (χ4n) is 2.70. The van der Waals surface area contributed by atoms with E-state index in [0.717, 1.165) is 11.9 Å². The molecule has 0 bridgehead atoms. The number of hydrogen-bond donors (Lipinski definition) is 1. The molecule has 0 saturated heterocycles. The molecule has 1 amide bonds. The maximum atomic E-state index is 13.0. The van der Waals surface area contributed by atoms with Gasteiger partial charge in [-0.15, -0.1) is 0 Å². The van der Waals surface area contributed by atoms with Gasteiger partial charge in [-0.25, -0.2) is 9.37 Å². The van der Waals surface area contributed by atoms with Crippen molar-refractivity contribution in [2.75, 3.05) is 5.32 Å². The summed E-state index contributed by atoms with van der Waals surface area (Å²) in [4.78, 5) is 20.7. The molecule has 4 heterocycles. The van der Waals surface area contributed by atoms with E-state index < -0.39 is 5.82 Å². The van der Waals surface area contributed by atoms with E-state index in [-0.39, 0.29) is 12.5 Å². The van der Waals surface area contributed by atoms with Gasteiger partial charge in [0, 0.05) is 24.0 Å². The van der Waals surface area contributed by atoms with Crippen molar-refractivity contribution in [3.63, 3.8) is 0 Å². The second kappa shape index (κ2) is 7.39. The first-order valence-corrected chi connectivity index (χ1v) is 8.51. The van der Waals surface area contributed by atoms with Gasteiger partial charge in [-0.3, -0.25) is 14.5 Å². The number of anilines is 1. The summed E-state index contributed by atoms with van der Waals surface area (Å²) in [5.41, 5.74) is 2.03. The molecule has 0 aromatic carbocycles. The van der Waals surface area contributed by atoms with Crippen LogP contribution in [0.5, 0.6) is 0 Å². The molecular weight excluding hydrogens is 361 g/mol. The SMILES string of the molecule is Cc1cc(NC(=O)Cn2cc(-c3ccc(F)cn3)cn2)n(-c2ccccn2)n1. The quantitative estimate of drug-likeness (QED) is 0.577. The van der Waals surface area contributed by atoms with E-state index in [0.29, 0.717) is 22.9 Å². The molecule has 0 unspecified atom stereocenters. The molecule has 0 saturated carbocycles. The van der Waals surface area contributed by atoms with Crippen LogP contribution in [-0.4, -0.2) is 35.4 Å². The molecule has 4 aromatic rings. The molecule has 8 nitrogen and oxygen atoms in total. The zero-order valence-corrected chi connectivity index (χ0v) is 15.0. The average molecular weight is 377 g/mol. The zero-order chi connectivity index (χ0) is 19.5. The Morgan fingerprint density at radius 3 is 2.82 bits per heavy atom. The van der Waals surface area contributed by atoms with Crippen LogP contribution >= 0.6 is 0 Å². The van der Waals surface area contributed by atoms with Gasteiger partial charge in [0.25, 0.3) is 0 Å². The molecule has 0 aliphatic rings. The minimum atomic E-state index is -0.407.